The fourth-order valence-electron chi connectivity index (χ4n) is 2.62. The van der Waals surface area contributed by atoms with E-state index in [0.717, 1.165) is 40.4 Å². The second-order valence-corrected chi connectivity index (χ2v) is 7.46. The summed E-state index contributed by atoms with van der Waals surface area (Å²) in [5.41, 5.74) is 4.60. The molecule has 1 amide bonds. The Morgan fingerprint density at radius 3 is 2.64 bits per heavy atom. The molecule has 0 unspecified atom stereocenters. The van der Waals surface area contributed by atoms with Crippen molar-refractivity contribution >= 4 is 17.2 Å². The number of carbonyl (C=O) groups is 1. The third kappa shape index (κ3) is 3.57. The number of nitrogens with zero attached hydrogens (tertiary/aromatic N) is 3. The van der Waals surface area contributed by atoms with Gasteiger partial charge in [0.2, 0.25) is 5.91 Å². The SMILES string of the molecule is CCCC(=O)Nc1cc(-c2nn3nc(C(C)(C)C)cc3[nH]2)ccc1C. The van der Waals surface area contributed by atoms with Crippen LogP contribution in [0, 0.1) is 6.92 Å². The highest BCUT2D eigenvalue weighted by molar-refractivity contribution is 5.92. The highest BCUT2D eigenvalue weighted by Crippen LogP contribution is 2.26. The molecule has 0 spiro atoms. The third-order valence-corrected chi connectivity index (χ3v) is 4.16. The van der Waals surface area contributed by atoms with Crippen molar-refractivity contribution in [1.29, 1.82) is 0 Å². The minimum Gasteiger partial charge on any atom is -0.326 e. The molecular formula is C19H25N5O. The van der Waals surface area contributed by atoms with Crippen molar-refractivity contribution < 1.29 is 4.79 Å². The molecule has 6 nitrogen and oxygen atoms in total. The molecule has 0 aliphatic rings. The van der Waals surface area contributed by atoms with E-state index in [4.69, 9.17) is 0 Å². The summed E-state index contributed by atoms with van der Waals surface area (Å²) in [5.74, 6) is 0.765. The Bertz CT molecular complexity index is 882. The molecule has 1 aromatic carbocycles. The lowest BCUT2D eigenvalue weighted by Crippen LogP contribution is -2.12. The Labute approximate surface area is 147 Å². The lowest BCUT2D eigenvalue weighted by atomic mass is 9.93. The third-order valence-electron chi connectivity index (χ3n) is 4.16. The maximum Gasteiger partial charge on any atom is 0.224 e. The summed E-state index contributed by atoms with van der Waals surface area (Å²) in [4.78, 5) is 15.2. The van der Waals surface area contributed by atoms with Crippen LogP contribution in [0.3, 0.4) is 0 Å². The molecule has 0 saturated heterocycles. The van der Waals surface area contributed by atoms with Crippen molar-refractivity contribution in [3.05, 3.63) is 35.5 Å². The van der Waals surface area contributed by atoms with Crippen LogP contribution in [0.15, 0.2) is 24.3 Å². The van der Waals surface area contributed by atoms with E-state index in [0.29, 0.717) is 6.42 Å². The van der Waals surface area contributed by atoms with E-state index in [2.05, 4.69) is 41.3 Å². The van der Waals surface area contributed by atoms with Gasteiger partial charge in [-0.1, -0.05) is 39.8 Å². The molecule has 0 saturated carbocycles. The van der Waals surface area contributed by atoms with Crippen molar-refractivity contribution in [2.75, 3.05) is 5.32 Å². The van der Waals surface area contributed by atoms with E-state index in [1.807, 2.05) is 38.1 Å². The minimum atomic E-state index is -0.0186. The van der Waals surface area contributed by atoms with Gasteiger partial charge in [-0.3, -0.25) is 4.79 Å². The quantitative estimate of drug-likeness (QED) is 0.752. The summed E-state index contributed by atoms with van der Waals surface area (Å²) in [6.07, 6.45) is 1.35. The van der Waals surface area contributed by atoms with E-state index < -0.39 is 0 Å². The number of carbonyl (C=O) groups excluding carboxylic acids is 1. The number of H-pyrrole nitrogens is 1. The number of aromatic nitrogens is 4. The molecule has 0 radical (unpaired) electrons. The number of fused-ring (bicyclic) bond motifs is 1. The molecule has 3 rings (SSSR count). The first-order valence-electron chi connectivity index (χ1n) is 8.65. The summed E-state index contributed by atoms with van der Waals surface area (Å²) in [5, 5.41) is 12.1. The van der Waals surface area contributed by atoms with Crippen LogP contribution >= 0.6 is 0 Å². The maximum atomic E-state index is 11.9. The summed E-state index contributed by atoms with van der Waals surface area (Å²) in [7, 11) is 0. The van der Waals surface area contributed by atoms with Gasteiger partial charge in [0.1, 0.15) is 0 Å². The molecule has 2 N–H and O–H groups in total. The topological polar surface area (TPSA) is 75.1 Å². The lowest BCUT2D eigenvalue weighted by molar-refractivity contribution is -0.116. The zero-order valence-corrected chi connectivity index (χ0v) is 15.5. The van der Waals surface area contributed by atoms with Gasteiger partial charge in [0, 0.05) is 29.2 Å². The molecule has 6 heteroatoms. The van der Waals surface area contributed by atoms with E-state index in [-0.39, 0.29) is 11.3 Å². The molecule has 0 aliphatic carbocycles. The van der Waals surface area contributed by atoms with Crippen LogP contribution in [-0.2, 0) is 10.2 Å². The number of aryl methyl sites for hydroxylation is 1. The van der Waals surface area contributed by atoms with Gasteiger partial charge in [-0.2, -0.15) is 5.10 Å². The fourth-order valence-corrected chi connectivity index (χ4v) is 2.62. The fraction of sp³-hybridized carbons (Fsp3) is 0.421. The first-order chi connectivity index (χ1) is 11.8. The van der Waals surface area contributed by atoms with Gasteiger partial charge in [-0.15, -0.1) is 9.73 Å². The lowest BCUT2D eigenvalue weighted by Gasteiger charge is -2.13. The van der Waals surface area contributed by atoms with Crippen LogP contribution in [0.1, 0.15) is 51.8 Å². The second kappa shape index (κ2) is 6.35. The van der Waals surface area contributed by atoms with E-state index in [1.165, 1.54) is 0 Å². The van der Waals surface area contributed by atoms with Crippen molar-refractivity contribution in [3.8, 4) is 11.4 Å². The van der Waals surface area contributed by atoms with Crippen molar-refractivity contribution in [2.24, 2.45) is 0 Å². The van der Waals surface area contributed by atoms with Gasteiger partial charge in [-0.25, -0.2) is 0 Å². The predicted octanol–water partition coefficient (Wildman–Crippen LogP) is 4.07. The van der Waals surface area contributed by atoms with Crippen molar-refractivity contribution in [3.63, 3.8) is 0 Å². The Kier molecular flexibility index (Phi) is 4.37. The van der Waals surface area contributed by atoms with E-state index in [9.17, 15) is 4.79 Å². The number of hydrogen-bond acceptors (Lipinski definition) is 3. The average molecular weight is 339 g/mol. The molecule has 0 aliphatic heterocycles. The van der Waals surface area contributed by atoms with Gasteiger partial charge in [0.25, 0.3) is 0 Å². The molecule has 2 aromatic heterocycles. The highest BCUT2D eigenvalue weighted by Gasteiger charge is 2.19. The van der Waals surface area contributed by atoms with Gasteiger partial charge in [-0.05, 0) is 25.0 Å². The van der Waals surface area contributed by atoms with Crippen LogP contribution in [0.4, 0.5) is 5.69 Å². The Hall–Kier alpha value is -2.63. The van der Waals surface area contributed by atoms with Gasteiger partial charge >= 0.3 is 0 Å². The van der Waals surface area contributed by atoms with Crippen molar-refractivity contribution in [1.82, 2.24) is 19.8 Å². The molecular weight excluding hydrogens is 314 g/mol. The molecule has 0 atom stereocenters. The molecule has 132 valence electrons. The number of aromatic amines is 1. The largest absolute Gasteiger partial charge is 0.326 e. The highest BCUT2D eigenvalue weighted by atomic mass is 16.1. The monoisotopic (exact) mass is 339 g/mol. The van der Waals surface area contributed by atoms with Gasteiger partial charge in [0.05, 0.1) is 5.69 Å². The van der Waals surface area contributed by atoms with Crippen LogP contribution < -0.4 is 5.32 Å². The number of anilines is 1. The number of hydrogen-bond donors (Lipinski definition) is 2. The first kappa shape index (κ1) is 17.2. The smallest absolute Gasteiger partial charge is 0.224 e. The standard InChI is InChI=1S/C19H25N5O/c1-6-7-17(25)20-14-10-13(9-8-12(14)2)18-21-16-11-15(19(3,4)5)22-24(16)23-18/h8-11H,6-7H2,1-5H3,(H,20,25)(H,21,23). The van der Waals surface area contributed by atoms with Crippen LogP contribution in [0.5, 0.6) is 0 Å². The number of benzene rings is 1. The molecule has 3 aromatic rings. The second-order valence-electron chi connectivity index (χ2n) is 7.46. The zero-order chi connectivity index (χ0) is 18.2. The Balaban J connectivity index is 1.92. The number of nitrogens with one attached hydrogen (secondary N) is 2. The summed E-state index contributed by atoms with van der Waals surface area (Å²) < 4.78 is 1.63. The Morgan fingerprint density at radius 2 is 2.00 bits per heavy atom. The maximum absolute atomic E-state index is 11.9. The molecule has 0 bridgehead atoms. The van der Waals surface area contributed by atoms with Gasteiger partial charge in [0.15, 0.2) is 11.5 Å². The van der Waals surface area contributed by atoms with Gasteiger partial charge < -0.3 is 10.3 Å². The molecule has 25 heavy (non-hydrogen) atoms. The van der Waals surface area contributed by atoms with Crippen molar-refractivity contribution in [2.45, 2.75) is 52.9 Å². The zero-order valence-electron chi connectivity index (χ0n) is 15.5. The summed E-state index contributed by atoms with van der Waals surface area (Å²) in [6.45, 7) is 10.4. The normalized spacial score (nSPS) is 11.9. The Morgan fingerprint density at radius 1 is 1.24 bits per heavy atom. The number of rotatable bonds is 4. The molecule has 2 heterocycles. The van der Waals surface area contributed by atoms with E-state index >= 15 is 0 Å². The van der Waals surface area contributed by atoms with Crippen LogP contribution in [0.25, 0.3) is 17.0 Å². The van der Waals surface area contributed by atoms with E-state index in [1.54, 1.807) is 4.63 Å². The minimum absolute atomic E-state index is 0.0186. The van der Waals surface area contributed by atoms with Crippen LogP contribution in [0.2, 0.25) is 0 Å². The van der Waals surface area contributed by atoms with Crippen LogP contribution in [-0.4, -0.2) is 25.7 Å². The summed E-state index contributed by atoms with van der Waals surface area (Å²) >= 11 is 0. The predicted molar refractivity (Wildman–Crippen MR) is 99.7 cm³/mol. The first-order valence-corrected chi connectivity index (χ1v) is 8.65. The average Bonchev–Trinajstić information content (AvgIpc) is 3.08. The number of amides is 1. The molecule has 0 fully saturated rings. The summed E-state index contributed by atoms with van der Waals surface area (Å²) in [6, 6.07) is 7.96.